The second kappa shape index (κ2) is 3.82. The van der Waals surface area contributed by atoms with Gasteiger partial charge in [-0.25, -0.2) is 0 Å². The van der Waals surface area contributed by atoms with Gasteiger partial charge in [-0.2, -0.15) is 0 Å². The van der Waals surface area contributed by atoms with Crippen LogP contribution in [-0.2, 0) is 0 Å². The topological polar surface area (TPSA) is 32.3 Å². The number of rotatable bonds is 3. The molecule has 84 valence electrons. The molecule has 0 aromatic heterocycles. The van der Waals surface area contributed by atoms with E-state index in [1.54, 1.807) is 0 Å². The highest BCUT2D eigenvalue weighted by Crippen LogP contribution is 2.40. The van der Waals surface area contributed by atoms with Crippen molar-refractivity contribution in [3.8, 4) is 0 Å². The summed E-state index contributed by atoms with van der Waals surface area (Å²) < 4.78 is 0. The molecule has 2 N–H and O–H groups in total. The van der Waals surface area contributed by atoms with Crippen molar-refractivity contribution in [3.63, 3.8) is 0 Å². The first-order valence-corrected chi connectivity index (χ1v) is 5.65. The molecular formula is C12H25NO. The van der Waals surface area contributed by atoms with E-state index in [-0.39, 0.29) is 11.5 Å². The van der Waals surface area contributed by atoms with E-state index in [1.807, 2.05) is 0 Å². The van der Waals surface area contributed by atoms with Crippen molar-refractivity contribution in [2.24, 2.45) is 10.8 Å². The van der Waals surface area contributed by atoms with Gasteiger partial charge in [0, 0.05) is 11.5 Å². The first-order chi connectivity index (χ1) is 6.23. The van der Waals surface area contributed by atoms with Crippen LogP contribution in [0.1, 0.15) is 47.5 Å². The molecule has 2 heteroatoms. The Morgan fingerprint density at radius 3 is 2.29 bits per heavy atom. The number of hydrogen-bond acceptors (Lipinski definition) is 2. The van der Waals surface area contributed by atoms with Crippen LogP contribution in [0, 0.1) is 10.8 Å². The van der Waals surface area contributed by atoms with Crippen LogP contribution < -0.4 is 5.32 Å². The Morgan fingerprint density at radius 2 is 1.93 bits per heavy atom. The SMILES string of the molecule is CC(C)(C)CCNC1CC(O)C1(C)C. The quantitative estimate of drug-likeness (QED) is 0.730. The first kappa shape index (κ1) is 12.0. The van der Waals surface area contributed by atoms with Gasteiger partial charge in [-0.3, -0.25) is 0 Å². The maximum Gasteiger partial charge on any atom is 0.0621 e. The average molecular weight is 199 g/mol. The molecule has 14 heavy (non-hydrogen) atoms. The second-order valence-electron chi connectivity index (χ2n) is 6.39. The summed E-state index contributed by atoms with van der Waals surface area (Å²) in [5.41, 5.74) is 0.470. The molecule has 0 saturated heterocycles. The Balaban J connectivity index is 2.22. The summed E-state index contributed by atoms with van der Waals surface area (Å²) in [4.78, 5) is 0. The minimum absolute atomic E-state index is 0.0673. The highest BCUT2D eigenvalue weighted by molar-refractivity contribution is 5.01. The van der Waals surface area contributed by atoms with Crippen LogP contribution in [0.4, 0.5) is 0 Å². The van der Waals surface area contributed by atoms with Crippen LogP contribution >= 0.6 is 0 Å². The van der Waals surface area contributed by atoms with Gasteiger partial charge in [-0.05, 0) is 24.8 Å². The van der Waals surface area contributed by atoms with Gasteiger partial charge in [0.15, 0.2) is 0 Å². The zero-order valence-corrected chi connectivity index (χ0v) is 10.2. The monoisotopic (exact) mass is 199 g/mol. The predicted octanol–water partition coefficient (Wildman–Crippen LogP) is 2.17. The van der Waals surface area contributed by atoms with Crippen LogP contribution in [0.25, 0.3) is 0 Å². The third-order valence-corrected chi connectivity index (χ3v) is 3.48. The zero-order valence-electron chi connectivity index (χ0n) is 10.2. The van der Waals surface area contributed by atoms with Crippen molar-refractivity contribution >= 4 is 0 Å². The Labute approximate surface area is 88.1 Å². The van der Waals surface area contributed by atoms with Gasteiger partial charge in [0.1, 0.15) is 0 Å². The largest absolute Gasteiger partial charge is 0.392 e. The van der Waals surface area contributed by atoms with Gasteiger partial charge in [0.05, 0.1) is 6.10 Å². The van der Waals surface area contributed by atoms with Gasteiger partial charge < -0.3 is 10.4 Å². The lowest BCUT2D eigenvalue weighted by molar-refractivity contribution is -0.0727. The molecular weight excluding hydrogens is 174 g/mol. The van der Waals surface area contributed by atoms with Crippen molar-refractivity contribution in [1.29, 1.82) is 0 Å². The minimum Gasteiger partial charge on any atom is -0.392 e. The van der Waals surface area contributed by atoms with E-state index in [0.717, 1.165) is 13.0 Å². The Morgan fingerprint density at radius 1 is 1.36 bits per heavy atom. The van der Waals surface area contributed by atoms with Crippen molar-refractivity contribution in [1.82, 2.24) is 5.32 Å². The summed E-state index contributed by atoms with van der Waals surface area (Å²) in [7, 11) is 0. The smallest absolute Gasteiger partial charge is 0.0621 e. The third kappa shape index (κ3) is 2.71. The Bertz CT molecular complexity index is 193. The van der Waals surface area contributed by atoms with Crippen LogP contribution in [0.3, 0.4) is 0 Å². The molecule has 1 saturated carbocycles. The molecule has 0 heterocycles. The fourth-order valence-electron chi connectivity index (χ4n) is 1.87. The van der Waals surface area contributed by atoms with Crippen molar-refractivity contribution in [3.05, 3.63) is 0 Å². The molecule has 2 atom stereocenters. The Hall–Kier alpha value is -0.0800. The molecule has 2 unspecified atom stereocenters. The van der Waals surface area contributed by atoms with Crippen molar-refractivity contribution < 1.29 is 5.11 Å². The summed E-state index contributed by atoms with van der Waals surface area (Å²) in [5.74, 6) is 0. The van der Waals surface area contributed by atoms with Gasteiger partial charge >= 0.3 is 0 Å². The lowest BCUT2D eigenvalue weighted by Crippen LogP contribution is -2.60. The molecule has 0 aromatic carbocycles. The number of nitrogens with one attached hydrogen (secondary N) is 1. The molecule has 2 nitrogen and oxygen atoms in total. The second-order valence-corrected chi connectivity index (χ2v) is 6.39. The molecule has 0 aromatic rings. The van der Waals surface area contributed by atoms with E-state index in [4.69, 9.17) is 0 Å². The van der Waals surface area contributed by atoms with Crippen molar-refractivity contribution in [2.45, 2.75) is 59.6 Å². The molecule has 0 spiro atoms. The van der Waals surface area contributed by atoms with Crippen LogP contribution in [0.2, 0.25) is 0 Å². The fraction of sp³-hybridized carbons (Fsp3) is 1.00. The van der Waals surface area contributed by atoms with Crippen molar-refractivity contribution in [2.75, 3.05) is 6.54 Å². The lowest BCUT2D eigenvalue weighted by atomic mass is 9.64. The van der Waals surface area contributed by atoms with Gasteiger partial charge in [0.2, 0.25) is 0 Å². The summed E-state index contributed by atoms with van der Waals surface area (Å²) in [5, 5.41) is 13.1. The highest BCUT2D eigenvalue weighted by Gasteiger charge is 2.46. The zero-order chi connectivity index (χ0) is 11.0. The van der Waals surface area contributed by atoms with E-state index in [1.165, 1.54) is 6.42 Å². The predicted molar refractivity (Wildman–Crippen MR) is 60.3 cm³/mol. The normalized spacial score (nSPS) is 31.3. The summed E-state index contributed by atoms with van der Waals surface area (Å²) in [6.07, 6.45) is 1.99. The standard InChI is InChI=1S/C12H25NO/c1-11(2,3)6-7-13-9-8-10(14)12(9,4)5/h9-10,13-14H,6-8H2,1-5H3. The van der Waals surface area contributed by atoms with E-state index >= 15 is 0 Å². The minimum atomic E-state index is -0.116. The fourth-order valence-corrected chi connectivity index (χ4v) is 1.87. The summed E-state index contributed by atoms with van der Waals surface area (Å²) in [6, 6.07) is 0.500. The van der Waals surface area contributed by atoms with E-state index in [0.29, 0.717) is 11.5 Å². The first-order valence-electron chi connectivity index (χ1n) is 5.65. The molecule has 0 radical (unpaired) electrons. The molecule has 0 aliphatic heterocycles. The van der Waals surface area contributed by atoms with Crippen LogP contribution in [0.5, 0.6) is 0 Å². The van der Waals surface area contributed by atoms with Gasteiger partial charge in [0.25, 0.3) is 0 Å². The molecule has 1 aliphatic rings. The van der Waals surface area contributed by atoms with E-state index in [2.05, 4.69) is 39.9 Å². The lowest BCUT2D eigenvalue weighted by Gasteiger charge is -2.50. The highest BCUT2D eigenvalue weighted by atomic mass is 16.3. The molecule has 1 rings (SSSR count). The maximum absolute atomic E-state index is 9.57. The molecule has 0 bridgehead atoms. The average Bonchev–Trinajstić information content (AvgIpc) is 2.01. The molecule has 0 amide bonds. The number of hydrogen-bond donors (Lipinski definition) is 2. The van der Waals surface area contributed by atoms with E-state index in [9.17, 15) is 5.11 Å². The van der Waals surface area contributed by atoms with Crippen LogP contribution in [0.15, 0.2) is 0 Å². The maximum atomic E-state index is 9.57. The number of aliphatic hydroxyl groups excluding tert-OH is 1. The van der Waals surface area contributed by atoms with Crippen LogP contribution in [-0.4, -0.2) is 23.8 Å². The van der Waals surface area contributed by atoms with E-state index < -0.39 is 0 Å². The van der Waals surface area contributed by atoms with Gasteiger partial charge in [-0.1, -0.05) is 34.6 Å². The summed E-state index contributed by atoms with van der Waals surface area (Å²) in [6.45, 7) is 12.1. The van der Waals surface area contributed by atoms with Gasteiger partial charge in [-0.15, -0.1) is 0 Å². The number of aliphatic hydroxyl groups is 1. The molecule has 1 aliphatic carbocycles. The summed E-state index contributed by atoms with van der Waals surface area (Å²) >= 11 is 0. The Kier molecular flexibility index (Phi) is 3.27. The third-order valence-electron chi connectivity index (χ3n) is 3.48. The molecule has 1 fully saturated rings.